The molecule has 2 aromatic rings. The Labute approximate surface area is 92.5 Å². The Morgan fingerprint density at radius 2 is 2.31 bits per heavy atom. The normalized spacial score (nSPS) is 18.8. The number of fused-ring (bicyclic) bond motifs is 1. The molecule has 16 heavy (non-hydrogen) atoms. The zero-order valence-corrected chi connectivity index (χ0v) is 9.04. The zero-order valence-electron chi connectivity index (χ0n) is 9.04. The van der Waals surface area contributed by atoms with Gasteiger partial charge in [0.1, 0.15) is 6.33 Å². The van der Waals surface area contributed by atoms with E-state index in [0.717, 1.165) is 17.9 Å². The molecule has 1 fully saturated rings. The van der Waals surface area contributed by atoms with Crippen LogP contribution in [0.1, 0.15) is 13.3 Å². The first kappa shape index (κ1) is 9.53. The highest BCUT2D eigenvalue weighted by Crippen LogP contribution is 2.29. The molecule has 84 valence electrons. The van der Waals surface area contributed by atoms with Gasteiger partial charge in [-0.15, -0.1) is 10.2 Å². The van der Waals surface area contributed by atoms with E-state index >= 15 is 0 Å². The van der Waals surface area contributed by atoms with Crippen LogP contribution in [0.3, 0.4) is 0 Å². The Kier molecular flexibility index (Phi) is 1.88. The first-order chi connectivity index (χ1) is 7.72. The molecule has 0 radical (unpaired) electrons. The van der Waals surface area contributed by atoms with Gasteiger partial charge in [-0.25, -0.2) is 4.98 Å². The van der Waals surface area contributed by atoms with Crippen LogP contribution in [-0.2, 0) is 0 Å². The van der Waals surface area contributed by atoms with Gasteiger partial charge < -0.3 is 10.0 Å². The summed E-state index contributed by atoms with van der Waals surface area (Å²) >= 11 is 0. The molecule has 1 aliphatic rings. The molecule has 6 heteroatoms. The summed E-state index contributed by atoms with van der Waals surface area (Å²) in [5.41, 5.74) is 0.176. The first-order valence-electron chi connectivity index (χ1n) is 5.33. The van der Waals surface area contributed by atoms with Crippen LogP contribution in [0, 0.1) is 0 Å². The summed E-state index contributed by atoms with van der Waals surface area (Å²) in [6.07, 6.45) is 5.94. The third-order valence-corrected chi connectivity index (χ3v) is 3.13. The fourth-order valence-electron chi connectivity index (χ4n) is 2.01. The van der Waals surface area contributed by atoms with Crippen LogP contribution in [0.5, 0.6) is 0 Å². The third-order valence-electron chi connectivity index (χ3n) is 3.13. The van der Waals surface area contributed by atoms with Crippen LogP contribution in [0.15, 0.2) is 18.7 Å². The lowest BCUT2D eigenvalue weighted by Gasteiger charge is -2.46. The van der Waals surface area contributed by atoms with Gasteiger partial charge in [-0.3, -0.25) is 4.40 Å². The fourth-order valence-corrected chi connectivity index (χ4v) is 2.01. The number of aliphatic hydroxyl groups is 1. The minimum Gasteiger partial charge on any atom is -0.386 e. The summed E-state index contributed by atoms with van der Waals surface area (Å²) < 4.78 is 1.83. The Morgan fingerprint density at radius 1 is 1.50 bits per heavy atom. The van der Waals surface area contributed by atoms with Crippen molar-refractivity contribution in [3.05, 3.63) is 18.7 Å². The van der Waals surface area contributed by atoms with E-state index < -0.39 is 5.60 Å². The molecule has 2 aromatic heterocycles. The van der Waals surface area contributed by atoms with Gasteiger partial charge >= 0.3 is 0 Å². The van der Waals surface area contributed by atoms with Gasteiger partial charge in [0.2, 0.25) is 5.65 Å². The van der Waals surface area contributed by atoms with Crippen molar-refractivity contribution >= 4 is 11.5 Å². The maximum atomic E-state index is 9.96. The molecule has 3 rings (SSSR count). The van der Waals surface area contributed by atoms with Crippen molar-refractivity contribution in [3.63, 3.8) is 0 Å². The van der Waals surface area contributed by atoms with Crippen LogP contribution in [0.2, 0.25) is 0 Å². The highest BCUT2D eigenvalue weighted by Gasteiger charge is 2.41. The number of nitrogens with zero attached hydrogens (tertiary/aromatic N) is 5. The maximum absolute atomic E-state index is 9.96. The second-order valence-corrected chi connectivity index (χ2v) is 4.25. The number of β-amino-alcohol motifs (C(OH)–C–C–N with tert-alkyl or cyclic N) is 1. The van der Waals surface area contributed by atoms with Gasteiger partial charge in [0.15, 0.2) is 5.82 Å². The predicted octanol–water partition coefficient (Wildman–Crippen LogP) is 0.0854. The van der Waals surface area contributed by atoms with E-state index in [1.807, 2.05) is 22.4 Å². The molecule has 0 amide bonds. The Balaban J connectivity index is 1.94. The Morgan fingerprint density at radius 3 is 3.06 bits per heavy atom. The van der Waals surface area contributed by atoms with Crippen molar-refractivity contribution in [2.45, 2.75) is 18.9 Å². The SMILES string of the molecule is CCC1(O)CN(c2nccn3cnnc23)C1. The van der Waals surface area contributed by atoms with Crippen molar-refractivity contribution in [1.29, 1.82) is 0 Å². The first-order valence-corrected chi connectivity index (χ1v) is 5.33. The second-order valence-electron chi connectivity index (χ2n) is 4.25. The largest absolute Gasteiger partial charge is 0.386 e. The zero-order chi connectivity index (χ0) is 11.2. The topological polar surface area (TPSA) is 66.5 Å². The van der Waals surface area contributed by atoms with E-state index in [1.54, 1.807) is 12.5 Å². The van der Waals surface area contributed by atoms with Crippen LogP contribution >= 0.6 is 0 Å². The van der Waals surface area contributed by atoms with Gasteiger partial charge in [0, 0.05) is 12.4 Å². The standard InChI is InChI=1S/C10H13N5O/c1-2-10(16)5-15(6-10)8-9-13-12-7-14(9)4-3-11-8/h3-4,7,16H,2,5-6H2,1H3. The lowest BCUT2D eigenvalue weighted by molar-refractivity contribution is 0.00818. The van der Waals surface area contributed by atoms with Crippen molar-refractivity contribution in [3.8, 4) is 0 Å². The number of hydrogen-bond donors (Lipinski definition) is 1. The van der Waals surface area contributed by atoms with Crippen molar-refractivity contribution in [2.24, 2.45) is 0 Å². The number of anilines is 1. The van der Waals surface area contributed by atoms with Gasteiger partial charge in [-0.05, 0) is 6.42 Å². The van der Waals surface area contributed by atoms with Gasteiger partial charge in [-0.2, -0.15) is 0 Å². The summed E-state index contributed by atoms with van der Waals surface area (Å²) in [4.78, 5) is 6.31. The predicted molar refractivity (Wildman–Crippen MR) is 58.2 cm³/mol. The third kappa shape index (κ3) is 1.26. The van der Waals surface area contributed by atoms with Crippen LogP contribution in [-0.4, -0.2) is 43.4 Å². The lowest BCUT2D eigenvalue weighted by atomic mass is 9.91. The molecule has 6 nitrogen and oxygen atoms in total. The molecule has 0 spiro atoms. The van der Waals surface area contributed by atoms with Crippen molar-refractivity contribution in [1.82, 2.24) is 19.6 Å². The molecule has 0 bridgehead atoms. The van der Waals surface area contributed by atoms with E-state index in [-0.39, 0.29) is 0 Å². The molecular weight excluding hydrogens is 206 g/mol. The van der Waals surface area contributed by atoms with Crippen molar-refractivity contribution < 1.29 is 5.11 Å². The summed E-state index contributed by atoms with van der Waals surface area (Å²) in [6.45, 7) is 3.22. The smallest absolute Gasteiger partial charge is 0.203 e. The minimum atomic E-state index is -0.561. The molecule has 0 aromatic carbocycles. The highest BCUT2D eigenvalue weighted by atomic mass is 16.3. The molecule has 1 saturated heterocycles. The fraction of sp³-hybridized carbons (Fsp3) is 0.500. The molecule has 0 unspecified atom stereocenters. The quantitative estimate of drug-likeness (QED) is 0.775. The number of rotatable bonds is 2. The molecule has 3 heterocycles. The van der Waals surface area contributed by atoms with Gasteiger partial charge in [-0.1, -0.05) is 6.92 Å². The van der Waals surface area contributed by atoms with Crippen molar-refractivity contribution in [2.75, 3.05) is 18.0 Å². The molecule has 0 atom stereocenters. The summed E-state index contributed by atoms with van der Waals surface area (Å²) in [5.74, 6) is 0.790. The van der Waals surface area contributed by atoms with Gasteiger partial charge in [0.25, 0.3) is 0 Å². The lowest BCUT2D eigenvalue weighted by Crippen LogP contribution is -2.62. The van der Waals surface area contributed by atoms with Crippen LogP contribution in [0.25, 0.3) is 5.65 Å². The summed E-state index contributed by atoms with van der Waals surface area (Å²) in [6, 6.07) is 0. The average Bonchev–Trinajstić information content (AvgIpc) is 2.72. The number of aromatic nitrogens is 4. The average molecular weight is 219 g/mol. The molecular formula is C10H13N5O. The molecule has 1 N–H and O–H groups in total. The van der Waals surface area contributed by atoms with E-state index in [9.17, 15) is 5.11 Å². The maximum Gasteiger partial charge on any atom is 0.203 e. The minimum absolute atomic E-state index is 0.561. The number of hydrogen-bond acceptors (Lipinski definition) is 5. The Hall–Kier alpha value is -1.69. The second kappa shape index (κ2) is 3.15. The van der Waals surface area contributed by atoms with E-state index in [2.05, 4.69) is 15.2 Å². The summed E-state index contributed by atoms with van der Waals surface area (Å²) in [5, 5.41) is 17.8. The molecule has 0 saturated carbocycles. The van der Waals surface area contributed by atoms with Crippen LogP contribution < -0.4 is 4.90 Å². The van der Waals surface area contributed by atoms with Gasteiger partial charge in [0.05, 0.1) is 18.7 Å². The van der Waals surface area contributed by atoms with E-state index in [4.69, 9.17) is 0 Å². The summed E-state index contributed by atoms with van der Waals surface area (Å²) in [7, 11) is 0. The monoisotopic (exact) mass is 219 g/mol. The Bertz CT molecular complexity index is 517. The highest BCUT2D eigenvalue weighted by molar-refractivity contribution is 5.65. The van der Waals surface area contributed by atoms with Crippen LogP contribution in [0.4, 0.5) is 5.82 Å². The molecule has 1 aliphatic heterocycles. The van der Waals surface area contributed by atoms with E-state index in [0.29, 0.717) is 13.1 Å². The van der Waals surface area contributed by atoms with E-state index in [1.165, 1.54) is 0 Å². The molecule has 0 aliphatic carbocycles.